The summed E-state index contributed by atoms with van der Waals surface area (Å²) in [4.78, 5) is 31.7. The Morgan fingerprint density at radius 1 is 0.897 bits per heavy atom. The topological polar surface area (TPSA) is 73.2 Å². The van der Waals surface area contributed by atoms with Crippen molar-refractivity contribution in [2.24, 2.45) is 0 Å². The maximum absolute atomic E-state index is 13.8. The Balaban J connectivity index is 1.37. The van der Waals surface area contributed by atoms with Gasteiger partial charge in [0.05, 0.1) is 29.7 Å². The third-order valence-electron chi connectivity index (χ3n) is 7.35. The molecule has 1 aromatic heterocycles. The molecule has 0 spiro atoms. The predicted octanol–water partition coefficient (Wildman–Crippen LogP) is 6.54. The Kier molecular flexibility index (Phi) is 6.78. The number of nitrogens with zero attached hydrogens (tertiary/aromatic N) is 2. The second-order valence-corrected chi connectivity index (χ2v) is 9.95. The fraction of sp³-hybridized carbons (Fsp3) is 0.182. The van der Waals surface area contributed by atoms with E-state index in [-0.39, 0.29) is 29.6 Å². The van der Waals surface area contributed by atoms with Crippen molar-refractivity contribution in [3.63, 3.8) is 0 Å². The van der Waals surface area contributed by atoms with Crippen LogP contribution in [0.3, 0.4) is 0 Å². The van der Waals surface area contributed by atoms with Gasteiger partial charge in [-0.05, 0) is 66.3 Å². The summed E-state index contributed by atoms with van der Waals surface area (Å²) in [5.41, 5.74) is 5.17. The molecule has 0 bridgehead atoms. The molecule has 6 nitrogen and oxygen atoms in total. The van der Waals surface area contributed by atoms with Crippen LogP contribution in [0.1, 0.15) is 40.4 Å². The van der Waals surface area contributed by atoms with Gasteiger partial charge in [0.15, 0.2) is 0 Å². The van der Waals surface area contributed by atoms with E-state index in [2.05, 4.69) is 24.4 Å². The Morgan fingerprint density at radius 3 is 2.38 bits per heavy atom. The van der Waals surface area contributed by atoms with Gasteiger partial charge >= 0.3 is 0 Å². The molecule has 4 aromatic carbocycles. The van der Waals surface area contributed by atoms with E-state index in [4.69, 9.17) is 9.72 Å². The lowest BCUT2D eigenvalue weighted by Crippen LogP contribution is -2.31. The van der Waals surface area contributed by atoms with Gasteiger partial charge in [-0.25, -0.2) is 4.98 Å². The summed E-state index contributed by atoms with van der Waals surface area (Å²) in [5, 5.41) is 3.40. The van der Waals surface area contributed by atoms with Crippen LogP contribution < -0.4 is 10.9 Å². The SMILES string of the molecule is Cc1ccccc1C1CCC(Cn2c(NC(=O)c3ccccc3)nc3cc(-c4ccccc4)ccc3c2=O)O1. The van der Waals surface area contributed by atoms with Crippen LogP contribution in [0, 0.1) is 6.92 Å². The number of amides is 1. The van der Waals surface area contributed by atoms with E-state index in [0.717, 1.165) is 24.0 Å². The fourth-order valence-electron chi connectivity index (χ4n) is 5.28. The summed E-state index contributed by atoms with van der Waals surface area (Å²) in [6.45, 7) is 2.39. The Bertz CT molecular complexity index is 1700. The lowest BCUT2D eigenvalue weighted by atomic mass is 10.0. The van der Waals surface area contributed by atoms with Gasteiger partial charge in [0.2, 0.25) is 5.95 Å². The molecule has 2 unspecified atom stereocenters. The molecule has 6 heteroatoms. The highest BCUT2D eigenvalue weighted by Crippen LogP contribution is 2.35. The van der Waals surface area contributed by atoms with Gasteiger partial charge in [0.1, 0.15) is 0 Å². The molecule has 1 aliphatic rings. The number of rotatable bonds is 6. The van der Waals surface area contributed by atoms with Gasteiger partial charge in [-0.15, -0.1) is 0 Å². The highest BCUT2D eigenvalue weighted by Gasteiger charge is 2.29. The average molecular weight is 516 g/mol. The van der Waals surface area contributed by atoms with Crippen molar-refractivity contribution in [1.29, 1.82) is 0 Å². The Morgan fingerprint density at radius 2 is 1.62 bits per heavy atom. The van der Waals surface area contributed by atoms with Crippen molar-refractivity contribution >= 4 is 22.8 Å². The minimum absolute atomic E-state index is 0.0175. The standard InChI is InChI=1S/C33H29N3O3/c1-22-10-8-9-15-27(22)30-19-17-26(39-30)21-36-32(38)28-18-16-25(23-11-4-2-5-12-23)20-29(28)34-33(36)35-31(37)24-13-6-3-7-14-24/h2-16,18,20,26,30H,17,19,21H2,1H3,(H,34,35,37). The molecule has 5 aromatic rings. The first-order chi connectivity index (χ1) is 19.1. The summed E-state index contributed by atoms with van der Waals surface area (Å²) in [6, 6.07) is 32.8. The molecule has 6 rings (SSSR count). The number of fused-ring (bicyclic) bond motifs is 1. The number of benzene rings is 4. The lowest BCUT2D eigenvalue weighted by Gasteiger charge is -2.19. The van der Waals surface area contributed by atoms with E-state index in [0.29, 0.717) is 23.0 Å². The fourth-order valence-corrected chi connectivity index (χ4v) is 5.28. The van der Waals surface area contributed by atoms with Gasteiger partial charge in [-0.3, -0.25) is 19.5 Å². The number of anilines is 1. The highest BCUT2D eigenvalue weighted by molar-refractivity contribution is 6.03. The molecule has 2 atom stereocenters. The summed E-state index contributed by atoms with van der Waals surface area (Å²) < 4.78 is 7.97. The lowest BCUT2D eigenvalue weighted by molar-refractivity contribution is 0.0344. The molecule has 2 heterocycles. The first-order valence-electron chi connectivity index (χ1n) is 13.2. The van der Waals surface area contributed by atoms with E-state index in [1.54, 1.807) is 28.8 Å². The van der Waals surface area contributed by atoms with Crippen LogP contribution in [0.25, 0.3) is 22.0 Å². The third-order valence-corrected chi connectivity index (χ3v) is 7.35. The number of hydrogen-bond acceptors (Lipinski definition) is 4. The maximum Gasteiger partial charge on any atom is 0.262 e. The first-order valence-corrected chi connectivity index (χ1v) is 13.2. The molecule has 1 aliphatic heterocycles. The molecule has 0 aliphatic carbocycles. The van der Waals surface area contributed by atoms with Gasteiger partial charge in [-0.2, -0.15) is 0 Å². The van der Waals surface area contributed by atoms with Gasteiger partial charge in [0.25, 0.3) is 11.5 Å². The molecule has 0 radical (unpaired) electrons. The summed E-state index contributed by atoms with van der Waals surface area (Å²) >= 11 is 0. The van der Waals surface area contributed by atoms with Crippen LogP contribution in [0.15, 0.2) is 108 Å². The summed E-state index contributed by atoms with van der Waals surface area (Å²) in [6.07, 6.45) is 1.48. The molecule has 194 valence electrons. The van der Waals surface area contributed by atoms with Crippen LogP contribution in [0.2, 0.25) is 0 Å². The monoisotopic (exact) mass is 515 g/mol. The Hall–Kier alpha value is -4.55. The number of aromatic nitrogens is 2. The van der Waals surface area contributed by atoms with E-state index >= 15 is 0 Å². The molecule has 1 fully saturated rings. The molecular formula is C33H29N3O3. The molecule has 1 saturated heterocycles. The number of nitrogens with one attached hydrogen (secondary N) is 1. The third kappa shape index (κ3) is 5.11. The minimum atomic E-state index is -0.319. The average Bonchev–Trinajstić information content (AvgIpc) is 3.44. The predicted molar refractivity (Wildman–Crippen MR) is 154 cm³/mol. The van der Waals surface area contributed by atoms with Crippen LogP contribution in [0.5, 0.6) is 0 Å². The van der Waals surface area contributed by atoms with Crippen molar-refractivity contribution in [2.45, 2.75) is 38.5 Å². The van der Waals surface area contributed by atoms with Gasteiger partial charge in [-0.1, -0.05) is 78.9 Å². The van der Waals surface area contributed by atoms with Crippen molar-refractivity contribution in [2.75, 3.05) is 5.32 Å². The van der Waals surface area contributed by atoms with Gasteiger partial charge < -0.3 is 4.74 Å². The van der Waals surface area contributed by atoms with E-state index in [1.807, 2.05) is 66.7 Å². The number of aryl methyl sites for hydroxylation is 1. The maximum atomic E-state index is 13.8. The summed E-state index contributed by atoms with van der Waals surface area (Å²) in [7, 11) is 0. The van der Waals surface area contributed by atoms with E-state index in [1.165, 1.54) is 11.1 Å². The molecule has 1 N–H and O–H groups in total. The number of carbonyl (C=O) groups is 1. The summed E-state index contributed by atoms with van der Waals surface area (Å²) in [5.74, 6) is -0.102. The zero-order valence-corrected chi connectivity index (χ0v) is 21.7. The molecule has 0 saturated carbocycles. The largest absolute Gasteiger partial charge is 0.368 e. The first kappa shape index (κ1) is 24.8. The van der Waals surface area contributed by atoms with Crippen LogP contribution in [0.4, 0.5) is 5.95 Å². The second kappa shape index (κ2) is 10.7. The highest BCUT2D eigenvalue weighted by atomic mass is 16.5. The minimum Gasteiger partial charge on any atom is -0.368 e. The zero-order chi connectivity index (χ0) is 26.8. The number of ether oxygens (including phenoxy) is 1. The zero-order valence-electron chi connectivity index (χ0n) is 21.7. The molecule has 39 heavy (non-hydrogen) atoms. The van der Waals surface area contributed by atoms with Crippen LogP contribution in [-0.4, -0.2) is 21.6 Å². The Labute approximate surface area is 226 Å². The molecular weight excluding hydrogens is 486 g/mol. The van der Waals surface area contributed by atoms with Crippen molar-refractivity contribution in [1.82, 2.24) is 9.55 Å². The quantitative estimate of drug-likeness (QED) is 0.279. The van der Waals surface area contributed by atoms with Gasteiger partial charge in [0, 0.05) is 5.56 Å². The van der Waals surface area contributed by atoms with Crippen LogP contribution >= 0.6 is 0 Å². The second-order valence-electron chi connectivity index (χ2n) is 9.95. The van der Waals surface area contributed by atoms with E-state index < -0.39 is 0 Å². The van der Waals surface area contributed by atoms with Crippen LogP contribution in [-0.2, 0) is 11.3 Å². The van der Waals surface area contributed by atoms with Crippen molar-refractivity contribution < 1.29 is 9.53 Å². The normalized spacial score (nSPS) is 16.8. The van der Waals surface area contributed by atoms with Crippen molar-refractivity contribution in [3.8, 4) is 11.1 Å². The number of hydrogen-bond donors (Lipinski definition) is 1. The van der Waals surface area contributed by atoms with Crippen molar-refractivity contribution in [3.05, 3.63) is 130 Å². The number of carbonyl (C=O) groups excluding carboxylic acids is 1. The smallest absolute Gasteiger partial charge is 0.262 e. The van der Waals surface area contributed by atoms with E-state index in [9.17, 15) is 9.59 Å². The molecule has 1 amide bonds.